The number of likely N-dealkylation sites (N-methyl/N-ethyl adjacent to an activating group) is 1. The van der Waals surface area contributed by atoms with Crippen molar-refractivity contribution in [3.8, 4) is 5.75 Å². The number of carbonyl (C=O) groups is 2. The van der Waals surface area contributed by atoms with Crippen molar-refractivity contribution in [3.05, 3.63) is 29.8 Å². The predicted molar refractivity (Wildman–Crippen MR) is 85.8 cm³/mol. The summed E-state index contributed by atoms with van der Waals surface area (Å²) in [7, 11) is 1.66. The van der Waals surface area contributed by atoms with Gasteiger partial charge < -0.3 is 10.1 Å². The van der Waals surface area contributed by atoms with Gasteiger partial charge in [-0.3, -0.25) is 15.0 Å². The summed E-state index contributed by atoms with van der Waals surface area (Å²) in [5.41, 5.74) is 0.703. The largest absolute Gasteiger partial charge is 0.573 e. The Balaban J connectivity index is 2.41. The highest BCUT2D eigenvalue weighted by molar-refractivity contribution is 5.95. The third kappa shape index (κ3) is 9.55. The molecule has 0 aliphatic heterocycles. The van der Waals surface area contributed by atoms with Crippen LogP contribution >= 0.6 is 0 Å². The molecule has 0 aliphatic carbocycles. The van der Waals surface area contributed by atoms with Crippen LogP contribution in [0.2, 0.25) is 0 Å². The Morgan fingerprint density at radius 3 is 2.32 bits per heavy atom. The summed E-state index contributed by atoms with van der Waals surface area (Å²) in [5.74, 6) is -0.507. The monoisotopic (exact) mass is 361 g/mol. The average Bonchev–Trinajstić information content (AvgIpc) is 2.45. The highest BCUT2D eigenvalue weighted by Gasteiger charge is 2.30. The molecular weight excluding hydrogens is 339 g/mol. The molecule has 6 nitrogen and oxygen atoms in total. The zero-order valence-electron chi connectivity index (χ0n) is 14.3. The summed E-state index contributed by atoms with van der Waals surface area (Å²) < 4.78 is 40.1. The Kier molecular flexibility index (Phi) is 7.69. The van der Waals surface area contributed by atoms with Crippen LogP contribution in [-0.2, 0) is 11.3 Å². The van der Waals surface area contributed by atoms with Gasteiger partial charge in [0.25, 0.3) is 0 Å². The van der Waals surface area contributed by atoms with Gasteiger partial charge in [-0.15, -0.1) is 13.2 Å². The average molecular weight is 361 g/mol. The zero-order chi connectivity index (χ0) is 19.0. The predicted octanol–water partition coefficient (Wildman–Crippen LogP) is 2.50. The van der Waals surface area contributed by atoms with Gasteiger partial charge in [0, 0.05) is 13.1 Å². The maximum atomic E-state index is 12.1. The summed E-state index contributed by atoms with van der Waals surface area (Å²) in [5, 5.41) is 4.78. The topological polar surface area (TPSA) is 70.7 Å². The number of nitrogens with zero attached hydrogens (tertiary/aromatic N) is 1. The fraction of sp³-hybridized carbons (Fsp3) is 0.500. The van der Waals surface area contributed by atoms with Gasteiger partial charge in [0.15, 0.2) is 0 Å². The number of imide groups is 1. The van der Waals surface area contributed by atoms with E-state index in [1.807, 2.05) is 13.8 Å². The molecule has 140 valence electrons. The molecule has 0 atom stereocenters. The Bertz CT molecular complexity index is 574. The lowest BCUT2D eigenvalue weighted by Gasteiger charge is -2.17. The van der Waals surface area contributed by atoms with E-state index in [0.717, 1.165) is 0 Å². The summed E-state index contributed by atoms with van der Waals surface area (Å²) in [6, 6.07) is 4.81. The number of hydrogen-bond acceptors (Lipinski definition) is 4. The highest BCUT2D eigenvalue weighted by Crippen LogP contribution is 2.22. The second-order valence-corrected chi connectivity index (χ2v) is 6.02. The number of halogens is 3. The van der Waals surface area contributed by atoms with Gasteiger partial charge in [-0.1, -0.05) is 26.0 Å². The molecule has 3 amide bonds. The third-order valence-corrected chi connectivity index (χ3v) is 2.95. The molecular formula is C16H22F3N3O3. The minimum atomic E-state index is -4.73. The number of carbonyl (C=O) groups excluding carboxylic acids is 2. The number of alkyl halides is 3. The van der Waals surface area contributed by atoms with Crippen molar-refractivity contribution in [1.82, 2.24) is 15.5 Å². The number of hydrogen-bond donors (Lipinski definition) is 2. The molecule has 1 rings (SSSR count). The fourth-order valence-corrected chi connectivity index (χ4v) is 1.92. The minimum Gasteiger partial charge on any atom is -0.406 e. The van der Waals surface area contributed by atoms with Crippen LogP contribution in [-0.4, -0.2) is 43.3 Å². The molecule has 2 N–H and O–H groups in total. The van der Waals surface area contributed by atoms with Crippen LogP contribution in [0.25, 0.3) is 0 Å². The van der Waals surface area contributed by atoms with Crippen LogP contribution in [0, 0.1) is 5.92 Å². The Hall–Kier alpha value is -2.29. The number of amides is 3. The van der Waals surface area contributed by atoms with Crippen molar-refractivity contribution in [2.45, 2.75) is 26.8 Å². The van der Waals surface area contributed by atoms with Crippen LogP contribution < -0.4 is 15.4 Å². The minimum absolute atomic E-state index is 0.0318. The zero-order valence-corrected chi connectivity index (χ0v) is 14.3. The number of ether oxygens (including phenoxy) is 1. The summed E-state index contributed by atoms with van der Waals surface area (Å²) >= 11 is 0. The van der Waals surface area contributed by atoms with Gasteiger partial charge in [0.05, 0.1) is 6.54 Å². The van der Waals surface area contributed by atoms with E-state index in [-0.39, 0.29) is 18.2 Å². The van der Waals surface area contributed by atoms with E-state index in [0.29, 0.717) is 18.7 Å². The molecule has 0 spiro atoms. The quantitative estimate of drug-likeness (QED) is 0.783. The van der Waals surface area contributed by atoms with Gasteiger partial charge in [-0.2, -0.15) is 0 Å². The molecule has 0 saturated heterocycles. The maximum Gasteiger partial charge on any atom is 0.573 e. The molecule has 0 radical (unpaired) electrons. The lowest BCUT2D eigenvalue weighted by atomic mass is 10.2. The van der Waals surface area contributed by atoms with E-state index < -0.39 is 18.3 Å². The Morgan fingerprint density at radius 1 is 1.20 bits per heavy atom. The molecule has 25 heavy (non-hydrogen) atoms. The molecule has 1 aromatic rings. The van der Waals surface area contributed by atoms with Crippen molar-refractivity contribution in [3.63, 3.8) is 0 Å². The van der Waals surface area contributed by atoms with Crippen molar-refractivity contribution >= 4 is 11.9 Å². The molecule has 0 unspecified atom stereocenters. The van der Waals surface area contributed by atoms with Crippen molar-refractivity contribution in [1.29, 1.82) is 0 Å². The Labute approximate surface area is 144 Å². The van der Waals surface area contributed by atoms with Crippen LogP contribution in [0.1, 0.15) is 19.4 Å². The van der Waals surface area contributed by atoms with E-state index in [4.69, 9.17) is 0 Å². The van der Waals surface area contributed by atoms with Gasteiger partial charge in [0.2, 0.25) is 5.91 Å². The van der Waals surface area contributed by atoms with Gasteiger partial charge in [0.1, 0.15) is 5.75 Å². The van der Waals surface area contributed by atoms with E-state index >= 15 is 0 Å². The molecule has 0 fully saturated rings. The molecule has 0 aliphatic rings. The second-order valence-electron chi connectivity index (χ2n) is 6.02. The van der Waals surface area contributed by atoms with Crippen LogP contribution in [0.5, 0.6) is 5.75 Å². The lowest BCUT2D eigenvalue weighted by Crippen LogP contribution is -2.44. The van der Waals surface area contributed by atoms with Crippen molar-refractivity contribution in [2.24, 2.45) is 5.92 Å². The molecule has 0 heterocycles. The standard InChI is InChI=1S/C16H22F3N3O3/c1-11(2)8-20-15(24)21-14(23)10-22(3)9-12-4-6-13(7-5-12)25-16(17,18)19/h4-7,11H,8-10H2,1-3H3,(H2,20,21,23,24). The SMILES string of the molecule is CC(C)CNC(=O)NC(=O)CN(C)Cc1ccc(OC(F)(F)F)cc1. The first-order chi connectivity index (χ1) is 11.5. The van der Waals surface area contributed by atoms with Crippen molar-refractivity contribution in [2.75, 3.05) is 20.1 Å². The molecule has 9 heteroatoms. The van der Waals surface area contributed by atoms with Gasteiger partial charge in [-0.05, 0) is 30.7 Å². The normalized spacial score (nSPS) is 11.5. The molecule has 1 aromatic carbocycles. The first kappa shape index (κ1) is 20.8. The van der Waals surface area contributed by atoms with Gasteiger partial charge >= 0.3 is 12.4 Å². The number of urea groups is 1. The summed E-state index contributed by atoms with van der Waals surface area (Å²) in [6.07, 6.45) is -4.73. The van der Waals surface area contributed by atoms with Gasteiger partial charge in [-0.25, -0.2) is 4.79 Å². The maximum absolute atomic E-state index is 12.1. The van der Waals surface area contributed by atoms with Crippen LogP contribution in [0.4, 0.5) is 18.0 Å². The smallest absolute Gasteiger partial charge is 0.406 e. The molecule has 0 bridgehead atoms. The first-order valence-corrected chi connectivity index (χ1v) is 7.66. The summed E-state index contributed by atoms with van der Waals surface area (Å²) in [4.78, 5) is 24.9. The van der Waals surface area contributed by atoms with Crippen LogP contribution in [0.15, 0.2) is 24.3 Å². The van der Waals surface area contributed by atoms with E-state index in [2.05, 4.69) is 15.4 Å². The van der Waals surface area contributed by atoms with Crippen molar-refractivity contribution < 1.29 is 27.5 Å². The van der Waals surface area contributed by atoms with E-state index in [1.54, 1.807) is 11.9 Å². The highest BCUT2D eigenvalue weighted by atomic mass is 19.4. The number of nitrogens with one attached hydrogen (secondary N) is 2. The number of rotatable bonds is 7. The Morgan fingerprint density at radius 2 is 1.80 bits per heavy atom. The first-order valence-electron chi connectivity index (χ1n) is 7.66. The summed E-state index contributed by atoms with van der Waals surface area (Å²) in [6.45, 7) is 4.62. The fourth-order valence-electron chi connectivity index (χ4n) is 1.92. The van der Waals surface area contributed by atoms with E-state index in [9.17, 15) is 22.8 Å². The second kappa shape index (κ2) is 9.26. The molecule has 0 saturated carbocycles. The van der Waals surface area contributed by atoms with E-state index in [1.165, 1.54) is 24.3 Å². The lowest BCUT2D eigenvalue weighted by molar-refractivity contribution is -0.274. The third-order valence-electron chi connectivity index (χ3n) is 2.95. The number of benzene rings is 1. The van der Waals surface area contributed by atoms with Crippen LogP contribution in [0.3, 0.4) is 0 Å². The molecule has 0 aromatic heterocycles.